The summed E-state index contributed by atoms with van der Waals surface area (Å²) >= 11 is 4.74. The zero-order valence-electron chi connectivity index (χ0n) is 14.4. The summed E-state index contributed by atoms with van der Waals surface area (Å²) in [6, 6.07) is 7.51. The average Bonchev–Trinajstić information content (AvgIpc) is 2.53. The van der Waals surface area contributed by atoms with Crippen LogP contribution in [0.25, 0.3) is 0 Å². The number of aryl methyl sites for hydroxylation is 1. The molecule has 0 aliphatic rings. The second kappa shape index (κ2) is 12.2. The molecule has 132 valence electrons. The maximum atomic E-state index is 6.16. The van der Waals surface area contributed by atoms with Crippen molar-refractivity contribution in [3.8, 4) is 0 Å². The lowest BCUT2D eigenvalue weighted by molar-refractivity contribution is 0.0593. The third kappa shape index (κ3) is 8.62. The summed E-state index contributed by atoms with van der Waals surface area (Å²) in [6.45, 7) is 8.51. The van der Waals surface area contributed by atoms with Crippen molar-refractivity contribution in [2.24, 2.45) is 0 Å². The van der Waals surface area contributed by atoms with Gasteiger partial charge in [-0.2, -0.15) is 0 Å². The Morgan fingerprint density at radius 2 is 1.22 bits per heavy atom. The molecule has 1 rings (SSSR count). The van der Waals surface area contributed by atoms with Gasteiger partial charge in [0, 0.05) is 33.0 Å². The van der Waals surface area contributed by atoms with E-state index in [1.807, 2.05) is 0 Å². The molecule has 0 N–H and O–H groups in total. The SMILES string of the molecule is CCCO[Si](CCc1cc(I)cc(I)c1)(OCCC)OCCC. The molecule has 1 aromatic rings. The molecule has 0 saturated heterocycles. The first-order valence-electron chi connectivity index (χ1n) is 8.42. The Hall–Kier alpha value is 0.777. The highest BCUT2D eigenvalue weighted by Crippen LogP contribution is 2.22. The third-order valence-electron chi connectivity index (χ3n) is 3.22. The van der Waals surface area contributed by atoms with Crippen LogP contribution in [0.5, 0.6) is 0 Å². The smallest absolute Gasteiger partial charge is 0.373 e. The van der Waals surface area contributed by atoms with Crippen molar-refractivity contribution in [1.29, 1.82) is 0 Å². The Labute approximate surface area is 169 Å². The van der Waals surface area contributed by atoms with E-state index in [9.17, 15) is 0 Å². The fourth-order valence-corrected chi connectivity index (χ4v) is 7.06. The summed E-state index contributed by atoms with van der Waals surface area (Å²) in [5, 5.41) is 0. The van der Waals surface area contributed by atoms with Crippen LogP contribution >= 0.6 is 45.2 Å². The van der Waals surface area contributed by atoms with Crippen LogP contribution in [0.15, 0.2) is 18.2 Å². The molecule has 0 saturated carbocycles. The quantitative estimate of drug-likeness (QED) is 0.243. The van der Waals surface area contributed by atoms with E-state index in [-0.39, 0.29) is 0 Å². The molecular formula is C17H28I2O3Si. The Morgan fingerprint density at radius 1 is 0.783 bits per heavy atom. The van der Waals surface area contributed by atoms with E-state index in [0.717, 1.165) is 31.7 Å². The van der Waals surface area contributed by atoms with E-state index in [2.05, 4.69) is 84.2 Å². The van der Waals surface area contributed by atoms with Crippen LogP contribution in [0.3, 0.4) is 0 Å². The van der Waals surface area contributed by atoms with Crippen LogP contribution in [0.4, 0.5) is 0 Å². The van der Waals surface area contributed by atoms with Crippen molar-refractivity contribution in [1.82, 2.24) is 0 Å². The van der Waals surface area contributed by atoms with Gasteiger partial charge < -0.3 is 13.3 Å². The van der Waals surface area contributed by atoms with E-state index in [1.54, 1.807) is 0 Å². The Kier molecular flexibility index (Phi) is 11.6. The molecule has 0 unspecified atom stereocenters. The summed E-state index contributed by atoms with van der Waals surface area (Å²) in [7, 11) is -2.58. The highest BCUT2D eigenvalue weighted by atomic mass is 127. The van der Waals surface area contributed by atoms with Gasteiger partial charge in [0.05, 0.1) is 0 Å². The molecular weight excluding hydrogens is 534 g/mol. The van der Waals surface area contributed by atoms with Crippen LogP contribution in [-0.2, 0) is 19.7 Å². The molecule has 0 spiro atoms. The van der Waals surface area contributed by atoms with Gasteiger partial charge in [-0.05, 0) is 94.6 Å². The van der Waals surface area contributed by atoms with Gasteiger partial charge in [0.1, 0.15) is 0 Å². The highest BCUT2D eigenvalue weighted by Gasteiger charge is 2.40. The first-order chi connectivity index (χ1) is 11.0. The Morgan fingerprint density at radius 3 is 1.61 bits per heavy atom. The number of hydrogen-bond acceptors (Lipinski definition) is 3. The van der Waals surface area contributed by atoms with Crippen molar-refractivity contribution < 1.29 is 13.3 Å². The van der Waals surface area contributed by atoms with Crippen molar-refractivity contribution >= 4 is 54.0 Å². The van der Waals surface area contributed by atoms with Crippen LogP contribution in [0.2, 0.25) is 6.04 Å². The lowest BCUT2D eigenvalue weighted by atomic mass is 10.2. The van der Waals surface area contributed by atoms with Crippen molar-refractivity contribution in [2.75, 3.05) is 19.8 Å². The largest absolute Gasteiger partial charge is 0.501 e. The molecule has 0 heterocycles. The monoisotopic (exact) mass is 562 g/mol. The number of halogens is 2. The Balaban J connectivity index is 2.82. The summed E-state index contributed by atoms with van der Waals surface area (Å²) < 4.78 is 21.0. The second-order valence-electron chi connectivity index (χ2n) is 5.51. The lowest BCUT2D eigenvalue weighted by Gasteiger charge is -2.29. The number of benzene rings is 1. The predicted octanol–water partition coefficient (Wildman–Crippen LogP) is 5.66. The van der Waals surface area contributed by atoms with Gasteiger partial charge in [-0.3, -0.25) is 0 Å². The minimum absolute atomic E-state index is 0.712. The third-order valence-corrected chi connectivity index (χ3v) is 7.26. The maximum Gasteiger partial charge on any atom is 0.501 e. The fraction of sp³-hybridized carbons (Fsp3) is 0.647. The maximum absolute atomic E-state index is 6.16. The topological polar surface area (TPSA) is 27.7 Å². The van der Waals surface area contributed by atoms with Gasteiger partial charge in [0.15, 0.2) is 0 Å². The normalized spacial score (nSPS) is 11.9. The van der Waals surface area contributed by atoms with Gasteiger partial charge in [-0.15, -0.1) is 0 Å². The highest BCUT2D eigenvalue weighted by molar-refractivity contribution is 14.1. The van der Waals surface area contributed by atoms with E-state index in [4.69, 9.17) is 13.3 Å². The molecule has 0 bridgehead atoms. The van der Waals surface area contributed by atoms with Crippen molar-refractivity contribution in [2.45, 2.75) is 52.5 Å². The summed E-state index contributed by atoms with van der Waals surface area (Å²) in [5.41, 5.74) is 1.33. The van der Waals surface area contributed by atoms with Crippen LogP contribution in [-0.4, -0.2) is 28.6 Å². The molecule has 1 aromatic carbocycles. The molecule has 0 fully saturated rings. The van der Waals surface area contributed by atoms with E-state index < -0.39 is 8.80 Å². The fourth-order valence-electron chi connectivity index (χ4n) is 2.17. The van der Waals surface area contributed by atoms with Gasteiger partial charge in [0.2, 0.25) is 0 Å². The summed E-state index contributed by atoms with van der Waals surface area (Å²) in [6.07, 6.45) is 3.90. The van der Waals surface area contributed by atoms with Crippen LogP contribution in [0, 0.1) is 7.14 Å². The number of rotatable bonds is 12. The molecule has 0 aromatic heterocycles. The summed E-state index contributed by atoms with van der Waals surface area (Å²) in [5.74, 6) is 0. The summed E-state index contributed by atoms with van der Waals surface area (Å²) in [4.78, 5) is 0. The Bertz CT molecular complexity index is 415. The van der Waals surface area contributed by atoms with Gasteiger partial charge in [-0.25, -0.2) is 0 Å². The standard InChI is InChI=1S/C17H28I2O3Si/c1-4-8-20-23(21-9-5-2,22-10-6-3)11-7-15-12-16(18)14-17(19)13-15/h12-14H,4-11H2,1-3H3. The van der Waals surface area contributed by atoms with Gasteiger partial charge >= 0.3 is 8.80 Å². The predicted molar refractivity (Wildman–Crippen MR) is 115 cm³/mol. The number of hydrogen-bond donors (Lipinski definition) is 0. The van der Waals surface area contributed by atoms with E-state index in [1.165, 1.54) is 12.7 Å². The molecule has 0 aliphatic carbocycles. The minimum atomic E-state index is -2.58. The minimum Gasteiger partial charge on any atom is -0.373 e. The molecule has 0 atom stereocenters. The second-order valence-corrected chi connectivity index (χ2v) is 10.7. The molecule has 0 aliphatic heterocycles. The van der Waals surface area contributed by atoms with Crippen LogP contribution < -0.4 is 0 Å². The zero-order chi connectivity index (χ0) is 17.1. The van der Waals surface area contributed by atoms with E-state index >= 15 is 0 Å². The molecule has 0 amide bonds. The van der Waals surface area contributed by atoms with Crippen molar-refractivity contribution in [3.63, 3.8) is 0 Å². The van der Waals surface area contributed by atoms with Crippen LogP contribution in [0.1, 0.15) is 45.6 Å². The first-order valence-corrected chi connectivity index (χ1v) is 12.5. The van der Waals surface area contributed by atoms with Crippen molar-refractivity contribution in [3.05, 3.63) is 30.9 Å². The average molecular weight is 562 g/mol. The van der Waals surface area contributed by atoms with Gasteiger partial charge in [0.25, 0.3) is 0 Å². The lowest BCUT2D eigenvalue weighted by Crippen LogP contribution is -2.47. The molecule has 3 nitrogen and oxygen atoms in total. The molecule has 0 radical (unpaired) electrons. The molecule has 23 heavy (non-hydrogen) atoms. The zero-order valence-corrected chi connectivity index (χ0v) is 19.7. The molecule has 6 heteroatoms. The van der Waals surface area contributed by atoms with Gasteiger partial charge in [-0.1, -0.05) is 20.8 Å². The first kappa shape index (κ1) is 21.8. The van der Waals surface area contributed by atoms with E-state index in [0.29, 0.717) is 19.8 Å².